The van der Waals surface area contributed by atoms with E-state index in [2.05, 4.69) is 15.3 Å². The molecule has 0 aliphatic rings. The van der Waals surface area contributed by atoms with E-state index in [1.807, 2.05) is 19.1 Å². The van der Waals surface area contributed by atoms with Gasteiger partial charge in [0.1, 0.15) is 5.75 Å². The molecule has 2 N–H and O–H groups in total. The Bertz CT molecular complexity index is 704. The van der Waals surface area contributed by atoms with E-state index in [9.17, 15) is 5.11 Å². The lowest BCUT2D eigenvalue weighted by Gasteiger charge is -2.02. The molecule has 2 heterocycles. The van der Waals surface area contributed by atoms with Crippen molar-refractivity contribution in [2.45, 2.75) is 13.5 Å². The number of rotatable bonds is 3. The number of aryl methyl sites for hydroxylation is 1. The predicted molar refractivity (Wildman–Crippen MR) is 72.0 cm³/mol. The molecule has 3 aromatic rings. The zero-order chi connectivity index (χ0) is 13.2. The van der Waals surface area contributed by atoms with Crippen molar-refractivity contribution in [2.75, 3.05) is 5.32 Å². The van der Waals surface area contributed by atoms with Crippen LogP contribution in [0, 0.1) is 6.92 Å². The van der Waals surface area contributed by atoms with Gasteiger partial charge in [-0.15, -0.1) is 0 Å². The molecule has 0 atom stereocenters. The Morgan fingerprint density at radius 2 is 1.89 bits per heavy atom. The minimum atomic E-state index is 0.243. The Labute approximate surface area is 109 Å². The molecule has 5 nitrogen and oxygen atoms in total. The van der Waals surface area contributed by atoms with E-state index in [0.717, 1.165) is 11.4 Å². The monoisotopic (exact) mass is 255 g/mol. The summed E-state index contributed by atoms with van der Waals surface area (Å²) in [5.41, 5.74) is 3.12. The zero-order valence-corrected chi connectivity index (χ0v) is 10.4. The average Bonchev–Trinajstić information content (AvgIpc) is 2.80. The number of benzene rings is 1. The number of aromatic hydroxyl groups is 1. The van der Waals surface area contributed by atoms with Crippen LogP contribution in [-0.2, 0) is 6.54 Å². The molecular formula is C14H13N3O2. The van der Waals surface area contributed by atoms with Gasteiger partial charge < -0.3 is 14.8 Å². The van der Waals surface area contributed by atoms with Gasteiger partial charge in [-0.2, -0.15) is 4.98 Å². The lowest BCUT2D eigenvalue weighted by atomic mass is 10.3. The molecule has 0 spiro atoms. The maximum absolute atomic E-state index is 9.20. The summed E-state index contributed by atoms with van der Waals surface area (Å²) < 4.78 is 5.58. The van der Waals surface area contributed by atoms with Crippen molar-refractivity contribution in [1.29, 1.82) is 0 Å². The number of hydrogen-bond donors (Lipinski definition) is 2. The number of aromatic nitrogens is 2. The number of nitrogens with one attached hydrogen (secondary N) is 1. The van der Waals surface area contributed by atoms with Crippen LogP contribution in [-0.4, -0.2) is 15.1 Å². The van der Waals surface area contributed by atoms with Crippen LogP contribution in [0.3, 0.4) is 0 Å². The smallest absolute Gasteiger partial charge is 0.216 e. The van der Waals surface area contributed by atoms with Crippen LogP contribution in [0.4, 0.5) is 5.69 Å². The summed E-state index contributed by atoms with van der Waals surface area (Å²) in [6.07, 6.45) is 0. The van der Waals surface area contributed by atoms with Gasteiger partial charge in [0.2, 0.25) is 5.89 Å². The summed E-state index contributed by atoms with van der Waals surface area (Å²) in [5, 5.41) is 12.4. The molecule has 19 heavy (non-hydrogen) atoms. The molecule has 0 radical (unpaired) electrons. The number of anilines is 1. The fourth-order valence-electron chi connectivity index (χ4n) is 1.79. The second-order valence-electron chi connectivity index (χ2n) is 4.28. The van der Waals surface area contributed by atoms with E-state index in [-0.39, 0.29) is 5.75 Å². The molecule has 0 bridgehead atoms. The Morgan fingerprint density at radius 1 is 1.11 bits per heavy atom. The fourth-order valence-corrected chi connectivity index (χ4v) is 1.79. The number of phenols is 1. The summed E-state index contributed by atoms with van der Waals surface area (Å²) in [6, 6.07) is 10.6. The Balaban J connectivity index is 1.76. The first-order chi connectivity index (χ1) is 9.20. The highest BCUT2D eigenvalue weighted by atomic mass is 16.3. The third-order valence-electron chi connectivity index (χ3n) is 2.75. The molecule has 0 aliphatic heterocycles. The summed E-state index contributed by atoms with van der Waals surface area (Å²) in [4.78, 5) is 8.61. The normalized spacial score (nSPS) is 10.8. The summed E-state index contributed by atoms with van der Waals surface area (Å²) in [7, 11) is 0. The second kappa shape index (κ2) is 4.61. The highest BCUT2D eigenvalue weighted by Gasteiger charge is 2.06. The van der Waals surface area contributed by atoms with Gasteiger partial charge in [0.15, 0.2) is 11.2 Å². The van der Waals surface area contributed by atoms with Crippen molar-refractivity contribution < 1.29 is 9.52 Å². The molecule has 0 aliphatic carbocycles. The summed E-state index contributed by atoms with van der Waals surface area (Å²) in [6.45, 7) is 2.39. The standard InChI is InChI=1S/C14H13N3O2/c1-9-2-7-12-14(16-9)17-13(19-12)8-15-10-3-5-11(18)6-4-10/h2-7,15,18H,8H2,1H3. The Morgan fingerprint density at radius 3 is 2.68 bits per heavy atom. The van der Waals surface area contributed by atoms with Crippen LogP contribution in [0.15, 0.2) is 40.8 Å². The quantitative estimate of drug-likeness (QED) is 0.704. The van der Waals surface area contributed by atoms with Crippen molar-refractivity contribution in [3.05, 3.63) is 48.0 Å². The second-order valence-corrected chi connectivity index (χ2v) is 4.28. The predicted octanol–water partition coefficient (Wildman–Crippen LogP) is 2.85. The minimum Gasteiger partial charge on any atom is -0.508 e. The van der Waals surface area contributed by atoms with E-state index >= 15 is 0 Å². The molecule has 96 valence electrons. The number of oxazole rings is 1. The van der Waals surface area contributed by atoms with Gasteiger partial charge >= 0.3 is 0 Å². The largest absolute Gasteiger partial charge is 0.508 e. The van der Waals surface area contributed by atoms with Crippen LogP contribution < -0.4 is 5.32 Å². The minimum absolute atomic E-state index is 0.243. The van der Waals surface area contributed by atoms with Crippen molar-refractivity contribution in [3.8, 4) is 5.75 Å². The third kappa shape index (κ3) is 2.49. The first-order valence-electron chi connectivity index (χ1n) is 5.97. The maximum Gasteiger partial charge on any atom is 0.216 e. The van der Waals surface area contributed by atoms with Crippen molar-refractivity contribution >= 4 is 16.9 Å². The first-order valence-corrected chi connectivity index (χ1v) is 5.97. The van der Waals surface area contributed by atoms with E-state index in [4.69, 9.17) is 4.42 Å². The molecule has 0 amide bonds. The van der Waals surface area contributed by atoms with Gasteiger partial charge in [0, 0.05) is 11.4 Å². The molecule has 0 fully saturated rings. The number of fused-ring (bicyclic) bond motifs is 1. The summed E-state index contributed by atoms with van der Waals surface area (Å²) >= 11 is 0. The van der Waals surface area contributed by atoms with E-state index in [1.165, 1.54) is 0 Å². The summed E-state index contributed by atoms with van der Waals surface area (Å²) in [5.74, 6) is 0.827. The Kier molecular flexibility index (Phi) is 2.79. The topological polar surface area (TPSA) is 71.2 Å². The van der Waals surface area contributed by atoms with Crippen molar-refractivity contribution in [1.82, 2.24) is 9.97 Å². The van der Waals surface area contributed by atoms with Crippen LogP contribution in [0.2, 0.25) is 0 Å². The molecule has 1 aromatic carbocycles. The molecule has 0 saturated heterocycles. The van der Waals surface area contributed by atoms with E-state index in [1.54, 1.807) is 24.3 Å². The van der Waals surface area contributed by atoms with Crippen LogP contribution in [0.1, 0.15) is 11.6 Å². The van der Waals surface area contributed by atoms with Crippen LogP contribution >= 0.6 is 0 Å². The first kappa shape index (κ1) is 11.5. The Hall–Kier alpha value is -2.56. The van der Waals surface area contributed by atoms with Gasteiger partial charge in [-0.3, -0.25) is 0 Å². The number of phenolic OH excluding ortho intramolecular Hbond substituents is 1. The number of nitrogens with zero attached hydrogens (tertiary/aromatic N) is 2. The maximum atomic E-state index is 9.20. The lowest BCUT2D eigenvalue weighted by molar-refractivity contribution is 0.475. The van der Waals surface area contributed by atoms with Gasteiger partial charge in [-0.1, -0.05) is 0 Å². The molecule has 0 unspecified atom stereocenters. The van der Waals surface area contributed by atoms with Gasteiger partial charge in [-0.05, 0) is 43.3 Å². The van der Waals surface area contributed by atoms with Crippen molar-refractivity contribution in [2.24, 2.45) is 0 Å². The lowest BCUT2D eigenvalue weighted by Crippen LogP contribution is -1.99. The number of pyridine rings is 1. The highest BCUT2D eigenvalue weighted by molar-refractivity contribution is 5.67. The SMILES string of the molecule is Cc1ccc2oc(CNc3ccc(O)cc3)nc2n1. The average molecular weight is 255 g/mol. The molecule has 3 rings (SSSR count). The molecule has 5 heteroatoms. The molecular weight excluding hydrogens is 242 g/mol. The zero-order valence-electron chi connectivity index (χ0n) is 10.4. The van der Waals surface area contributed by atoms with Gasteiger partial charge in [-0.25, -0.2) is 4.98 Å². The van der Waals surface area contributed by atoms with E-state index in [0.29, 0.717) is 23.7 Å². The van der Waals surface area contributed by atoms with Crippen molar-refractivity contribution in [3.63, 3.8) is 0 Å². The van der Waals surface area contributed by atoms with E-state index < -0.39 is 0 Å². The van der Waals surface area contributed by atoms with Gasteiger partial charge in [0.25, 0.3) is 0 Å². The molecule has 0 saturated carbocycles. The van der Waals surface area contributed by atoms with Crippen LogP contribution in [0.25, 0.3) is 11.2 Å². The fraction of sp³-hybridized carbons (Fsp3) is 0.143. The number of hydrogen-bond acceptors (Lipinski definition) is 5. The highest BCUT2D eigenvalue weighted by Crippen LogP contribution is 2.17. The third-order valence-corrected chi connectivity index (χ3v) is 2.75. The van der Waals surface area contributed by atoms with Gasteiger partial charge in [0.05, 0.1) is 6.54 Å². The molecule has 2 aromatic heterocycles. The van der Waals surface area contributed by atoms with Crippen LogP contribution in [0.5, 0.6) is 5.75 Å².